The van der Waals surface area contributed by atoms with Crippen LogP contribution in [0.5, 0.6) is 5.75 Å². The van der Waals surface area contributed by atoms with E-state index in [0.717, 1.165) is 0 Å². The number of fused-ring (bicyclic) bond motifs is 2. The monoisotopic (exact) mass is 409 g/mol. The summed E-state index contributed by atoms with van der Waals surface area (Å²) in [7, 11) is 0. The molecule has 0 aliphatic heterocycles. The number of nitrogens with one attached hydrogen (secondary N) is 1. The molecule has 0 radical (unpaired) electrons. The lowest BCUT2D eigenvalue weighted by atomic mass is 10.1. The van der Waals surface area contributed by atoms with Crippen LogP contribution in [0.15, 0.2) is 51.7 Å². The normalized spacial score (nSPS) is 12.7. The molecule has 1 unspecified atom stereocenters. The third-order valence-corrected chi connectivity index (χ3v) is 4.46. The van der Waals surface area contributed by atoms with E-state index in [1.165, 1.54) is 0 Å². The lowest BCUT2D eigenvalue weighted by Crippen LogP contribution is -2.52. The second-order valence-electron chi connectivity index (χ2n) is 6.78. The van der Waals surface area contributed by atoms with Crippen molar-refractivity contribution in [2.75, 3.05) is 26.4 Å². The first kappa shape index (κ1) is 22.1. The number of hydrogen-bond acceptors (Lipinski definition) is 7. The molecule has 3 aromatic rings. The first-order valence-electron chi connectivity index (χ1n) is 8.69. The highest BCUT2D eigenvalue weighted by molar-refractivity contribution is 5.92. The van der Waals surface area contributed by atoms with Gasteiger partial charge in [0.25, 0.3) is 0 Å². The number of benzene rings is 2. The van der Waals surface area contributed by atoms with E-state index in [1.807, 2.05) is 0 Å². The molecule has 1 atom stereocenters. The van der Waals surface area contributed by atoms with Gasteiger partial charge in [0.1, 0.15) is 18.3 Å². The van der Waals surface area contributed by atoms with Gasteiger partial charge in [-0.05, 0) is 31.2 Å². The highest BCUT2D eigenvalue weighted by atomic mass is 35.5. The molecule has 3 rings (SSSR count). The smallest absolute Gasteiger partial charge is 0.200 e. The summed E-state index contributed by atoms with van der Waals surface area (Å²) < 4.78 is 11.5. The number of rotatable bonds is 8. The van der Waals surface area contributed by atoms with Crippen LogP contribution >= 0.6 is 12.4 Å². The molecule has 0 bridgehead atoms. The number of para-hydroxylation sites is 2. The van der Waals surface area contributed by atoms with E-state index in [2.05, 4.69) is 5.32 Å². The predicted octanol–water partition coefficient (Wildman–Crippen LogP) is 1.44. The molecule has 152 valence electrons. The Morgan fingerprint density at radius 3 is 2.50 bits per heavy atom. The molecule has 0 saturated heterocycles. The lowest BCUT2D eigenvalue weighted by Gasteiger charge is -2.27. The van der Waals surface area contributed by atoms with E-state index in [1.54, 1.807) is 49.4 Å². The van der Waals surface area contributed by atoms with E-state index in [-0.39, 0.29) is 44.2 Å². The number of halogens is 1. The average Bonchev–Trinajstić information content (AvgIpc) is 2.71. The van der Waals surface area contributed by atoms with Crippen molar-refractivity contribution in [3.63, 3.8) is 0 Å². The molecule has 0 saturated carbocycles. The van der Waals surface area contributed by atoms with Crippen molar-refractivity contribution < 1.29 is 24.5 Å². The summed E-state index contributed by atoms with van der Waals surface area (Å²) in [6.45, 7) is 1.19. The van der Waals surface area contributed by atoms with Gasteiger partial charge in [0.2, 0.25) is 5.43 Å². The SMILES string of the molecule is CC(CO)(CO)NCC(O)COc1cccc2c(=O)c3ccccc3oc12.Cl. The van der Waals surface area contributed by atoms with Crippen molar-refractivity contribution in [3.8, 4) is 5.75 Å². The summed E-state index contributed by atoms with van der Waals surface area (Å²) in [5.41, 5.74) is -0.223. The van der Waals surface area contributed by atoms with Crippen LogP contribution in [0.2, 0.25) is 0 Å². The molecule has 2 aromatic carbocycles. The molecule has 0 amide bonds. The number of aliphatic hydroxyl groups is 3. The van der Waals surface area contributed by atoms with Crippen molar-refractivity contribution in [1.82, 2.24) is 5.32 Å². The van der Waals surface area contributed by atoms with Crippen LogP contribution in [0, 0.1) is 0 Å². The highest BCUT2D eigenvalue weighted by Crippen LogP contribution is 2.27. The number of aliphatic hydroxyl groups excluding tert-OH is 3. The third-order valence-electron chi connectivity index (χ3n) is 4.46. The maximum absolute atomic E-state index is 12.6. The zero-order valence-corrected chi connectivity index (χ0v) is 16.2. The average molecular weight is 410 g/mol. The van der Waals surface area contributed by atoms with Gasteiger partial charge in [-0.1, -0.05) is 18.2 Å². The van der Waals surface area contributed by atoms with Crippen LogP contribution in [0.4, 0.5) is 0 Å². The summed E-state index contributed by atoms with van der Waals surface area (Å²) in [6, 6.07) is 12.0. The second-order valence-corrected chi connectivity index (χ2v) is 6.78. The molecule has 7 nitrogen and oxygen atoms in total. The van der Waals surface area contributed by atoms with Crippen LogP contribution in [-0.4, -0.2) is 53.3 Å². The number of β-amino-alcohol motifs (C(OH)–C–C–N with tert-alkyl or cyclic N) is 1. The Bertz CT molecular complexity index is 985. The van der Waals surface area contributed by atoms with Crippen LogP contribution < -0.4 is 15.5 Å². The maximum atomic E-state index is 12.6. The first-order valence-corrected chi connectivity index (χ1v) is 8.69. The zero-order chi connectivity index (χ0) is 19.4. The van der Waals surface area contributed by atoms with Crippen molar-refractivity contribution in [2.45, 2.75) is 18.6 Å². The zero-order valence-electron chi connectivity index (χ0n) is 15.4. The summed E-state index contributed by atoms with van der Waals surface area (Å²) >= 11 is 0. The Morgan fingerprint density at radius 1 is 1.11 bits per heavy atom. The van der Waals surface area contributed by atoms with E-state index in [0.29, 0.717) is 27.7 Å². The van der Waals surface area contributed by atoms with Crippen LogP contribution in [0.25, 0.3) is 21.9 Å². The molecule has 28 heavy (non-hydrogen) atoms. The number of ether oxygens (including phenoxy) is 1. The molecule has 0 fully saturated rings. The van der Waals surface area contributed by atoms with Gasteiger partial charge in [-0.25, -0.2) is 0 Å². The van der Waals surface area contributed by atoms with Crippen LogP contribution in [-0.2, 0) is 0 Å². The van der Waals surface area contributed by atoms with Crippen molar-refractivity contribution in [1.29, 1.82) is 0 Å². The molecular weight excluding hydrogens is 386 g/mol. The third kappa shape index (κ3) is 4.63. The van der Waals surface area contributed by atoms with Crippen LogP contribution in [0.3, 0.4) is 0 Å². The summed E-state index contributed by atoms with van der Waals surface area (Å²) in [5.74, 6) is 0.362. The molecular formula is C20H24ClNO6. The fourth-order valence-electron chi connectivity index (χ4n) is 2.68. The molecule has 0 spiro atoms. The fourth-order valence-corrected chi connectivity index (χ4v) is 2.68. The summed E-state index contributed by atoms with van der Waals surface area (Å²) in [4.78, 5) is 12.6. The van der Waals surface area contributed by atoms with Gasteiger partial charge in [0.05, 0.1) is 29.5 Å². The number of hydrogen-bond donors (Lipinski definition) is 4. The Morgan fingerprint density at radius 2 is 1.79 bits per heavy atom. The van der Waals surface area contributed by atoms with E-state index in [9.17, 15) is 20.1 Å². The van der Waals surface area contributed by atoms with E-state index in [4.69, 9.17) is 9.15 Å². The molecule has 1 aromatic heterocycles. The molecule has 0 aliphatic carbocycles. The minimum absolute atomic E-state index is 0. The molecule has 1 heterocycles. The van der Waals surface area contributed by atoms with Crippen LogP contribution in [0.1, 0.15) is 6.92 Å². The van der Waals surface area contributed by atoms with E-state index < -0.39 is 11.6 Å². The molecule has 0 aliphatic rings. The molecule has 4 N–H and O–H groups in total. The highest BCUT2D eigenvalue weighted by Gasteiger charge is 2.22. The fraction of sp³-hybridized carbons (Fsp3) is 0.350. The standard InChI is InChI=1S/C20H23NO6.ClH/c1-20(11-22,12-23)21-9-13(24)10-26-17-8-4-6-15-18(25)14-5-2-3-7-16(14)27-19(15)17;/h2-8,13,21-24H,9-12H2,1H3;1H. The van der Waals surface area contributed by atoms with Crippen molar-refractivity contribution in [3.05, 3.63) is 52.7 Å². The Kier molecular flexibility index (Phi) is 7.40. The predicted molar refractivity (Wildman–Crippen MR) is 109 cm³/mol. The van der Waals surface area contributed by atoms with Gasteiger partial charge in [0.15, 0.2) is 11.3 Å². The van der Waals surface area contributed by atoms with Gasteiger partial charge >= 0.3 is 0 Å². The minimum atomic E-state index is -0.884. The quantitative estimate of drug-likeness (QED) is 0.416. The maximum Gasteiger partial charge on any atom is 0.200 e. The van der Waals surface area contributed by atoms with Gasteiger partial charge in [-0.15, -0.1) is 12.4 Å². The summed E-state index contributed by atoms with van der Waals surface area (Å²) in [6.07, 6.45) is -0.884. The van der Waals surface area contributed by atoms with E-state index >= 15 is 0 Å². The Balaban J connectivity index is 0.00000280. The summed E-state index contributed by atoms with van der Waals surface area (Å²) in [5, 5.41) is 32.4. The first-order chi connectivity index (χ1) is 13.0. The second kappa shape index (κ2) is 9.36. The topological polar surface area (TPSA) is 112 Å². The molecule has 8 heteroatoms. The minimum Gasteiger partial charge on any atom is -0.487 e. The van der Waals surface area contributed by atoms with Gasteiger partial charge in [0, 0.05) is 6.54 Å². The van der Waals surface area contributed by atoms with Gasteiger partial charge in [-0.3, -0.25) is 4.79 Å². The van der Waals surface area contributed by atoms with Gasteiger partial charge < -0.3 is 29.8 Å². The van der Waals surface area contributed by atoms with Crippen molar-refractivity contribution >= 4 is 34.3 Å². The van der Waals surface area contributed by atoms with Crippen molar-refractivity contribution in [2.24, 2.45) is 0 Å². The Hall–Kier alpha value is -2.16. The Labute approximate surface area is 168 Å². The lowest BCUT2D eigenvalue weighted by molar-refractivity contribution is 0.0667. The largest absolute Gasteiger partial charge is 0.487 e. The van der Waals surface area contributed by atoms with Gasteiger partial charge in [-0.2, -0.15) is 0 Å².